The van der Waals surface area contributed by atoms with Gasteiger partial charge in [0, 0.05) is 34.8 Å². The molecule has 0 aromatic heterocycles. The van der Waals surface area contributed by atoms with Crippen LogP contribution in [0.3, 0.4) is 0 Å². The minimum absolute atomic E-state index is 0.0692. The second-order valence-electron chi connectivity index (χ2n) is 6.73. The fourth-order valence-electron chi connectivity index (χ4n) is 4.60. The molecular formula is C17H20BrNO2. The highest BCUT2D eigenvalue weighted by atomic mass is 79.9. The van der Waals surface area contributed by atoms with E-state index in [1.807, 2.05) is 6.07 Å². The average Bonchev–Trinajstić information content (AvgIpc) is 3.12. The molecule has 2 bridgehead atoms. The molecule has 0 saturated heterocycles. The van der Waals surface area contributed by atoms with Crippen LogP contribution in [0.1, 0.15) is 30.4 Å². The number of halogens is 1. The molecule has 4 atom stereocenters. The first-order chi connectivity index (χ1) is 10.1. The third kappa shape index (κ3) is 2.23. The summed E-state index contributed by atoms with van der Waals surface area (Å²) < 4.78 is 6.77. The van der Waals surface area contributed by atoms with E-state index in [0.29, 0.717) is 24.0 Å². The first kappa shape index (κ1) is 13.8. The van der Waals surface area contributed by atoms with E-state index in [1.165, 1.54) is 18.4 Å². The summed E-state index contributed by atoms with van der Waals surface area (Å²) in [5.74, 6) is 2.42. The number of rotatable bonds is 3. The topological polar surface area (TPSA) is 52.3 Å². The molecule has 1 aromatic rings. The molecule has 3 aliphatic rings. The number of benzene rings is 1. The van der Waals surface area contributed by atoms with Crippen molar-refractivity contribution in [1.82, 2.24) is 0 Å². The number of ether oxygens (including phenoxy) is 1. The summed E-state index contributed by atoms with van der Waals surface area (Å²) in [6.45, 7) is 0.723. The zero-order chi connectivity index (χ0) is 14.6. The first-order valence-electron chi connectivity index (χ1n) is 7.86. The van der Waals surface area contributed by atoms with E-state index in [-0.39, 0.29) is 12.0 Å². The summed E-state index contributed by atoms with van der Waals surface area (Å²) in [4.78, 5) is 12.8. The number of carbonyl (C=O) groups excluding carboxylic acids is 1. The molecule has 2 N–H and O–H groups in total. The van der Waals surface area contributed by atoms with Gasteiger partial charge in [-0.1, -0.05) is 15.9 Å². The van der Waals surface area contributed by atoms with Crippen LogP contribution >= 0.6 is 15.9 Å². The van der Waals surface area contributed by atoms with Gasteiger partial charge in [0.2, 0.25) is 0 Å². The summed E-state index contributed by atoms with van der Waals surface area (Å²) in [6.07, 6.45) is 4.95. The van der Waals surface area contributed by atoms with E-state index in [9.17, 15) is 4.79 Å². The standard InChI is InChI=1S/C17H20BrNO2/c18-13-6-11-3-4-21-17(11)12(7-13)8-14(20)15-9-1-2-10(5-9)16(15)19/h6-7,9-10,15-16H,1-5,8,19H2. The lowest BCUT2D eigenvalue weighted by atomic mass is 9.80. The third-order valence-electron chi connectivity index (χ3n) is 5.54. The molecule has 4 heteroatoms. The van der Waals surface area contributed by atoms with Gasteiger partial charge in [0.15, 0.2) is 0 Å². The molecule has 112 valence electrons. The predicted octanol–water partition coefficient (Wildman–Crippen LogP) is 2.87. The molecule has 2 aliphatic carbocycles. The van der Waals surface area contributed by atoms with Crippen molar-refractivity contribution in [1.29, 1.82) is 0 Å². The van der Waals surface area contributed by atoms with Crippen LogP contribution in [0.5, 0.6) is 5.75 Å². The maximum Gasteiger partial charge on any atom is 0.142 e. The normalized spacial score (nSPS) is 33.0. The Morgan fingerprint density at radius 1 is 1.33 bits per heavy atom. The van der Waals surface area contributed by atoms with Gasteiger partial charge in [-0.2, -0.15) is 0 Å². The van der Waals surface area contributed by atoms with Gasteiger partial charge in [0.25, 0.3) is 0 Å². The summed E-state index contributed by atoms with van der Waals surface area (Å²) in [5, 5.41) is 0. The lowest BCUT2D eigenvalue weighted by molar-refractivity contribution is -0.124. The van der Waals surface area contributed by atoms with Crippen LogP contribution in [0.25, 0.3) is 0 Å². The van der Waals surface area contributed by atoms with Crippen molar-refractivity contribution in [2.75, 3.05) is 6.61 Å². The van der Waals surface area contributed by atoms with E-state index in [2.05, 4.69) is 22.0 Å². The number of hydrogen-bond acceptors (Lipinski definition) is 3. The molecule has 1 aliphatic heterocycles. The van der Waals surface area contributed by atoms with Crippen LogP contribution < -0.4 is 10.5 Å². The van der Waals surface area contributed by atoms with Crippen LogP contribution in [0.2, 0.25) is 0 Å². The van der Waals surface area contributed by atoms with Crippen LogP contribution in [-0.2, 0) is 17.6 Å². The fraction of sp³-hybridized carbons (Fsp3) is 0.588. The van der Waals surface area contributed by atoms with Crippen molar-refractivity contribution < 1.29 is 9.53 Å². The minimum atomic E-state index is 0.0692. The largest absolute Gasteiger partial charge is 0.493 e. The zero-order valence-electron chi connectivity index (χ0n) is 12.0. The smallest absolute Gasteiger partial charge is 0.142 e. The monoisotopic (exact) mass is 349 g/mol. The Bertz CT molecular complexity index is 599. The van der Waals surface area contributed by atoms with Gasteiger partial charge in [-0.05, 0) is 48.8 Å². The Labute approximate surface area is 133 Å². The Kier molecular flexibility index (Phi) is 3.34. The number of Topliss-reactive ketones (excluding diaryl/α,β-unsaturated/α-hetero) is 1. The predicted molar refractivity (Wildman–Crippen MR) is 84.3 cm³/mol. The van der Waals surface area contributed by atoms with Gasteiger partial charge in [-0.25, -0.2) is 0 Å². The van der Waals surface area contributed by atoms with Crippen LogP contribution in [0.15, 0.2) is 16.6 Å². The Balaban J connectivity index is 1.58. The molecule has 4 unspecified atom stereocenters. The van der Waals surface area contributed by atoms with Gasteiger partial charge in [0.05, 0.1) is 6.61 Å². The van der Waals surface area contributed by atoms with Crippen molar-refractivity contribution in [2.24, 2.45) is 23.5 Å². The second kappa shape index (κ2) is 5.10. The van der Waals surface area contributed by atoms with Crippen molar-refractivity contribution in [2.45, 2.75) is 38.1 Å². The van der Waals surface area contributed by atoms with Crippen molar-refractivity contribution in [3.63, 3.8) is 0 Å². The van der Waals surface area contributed by atoms with Gasteiger partial charge in [-0.15, -0.1) is 0 Å². The van der Waals surface area contributed by atoms with E-state index >= 15 is 0 Å². The molecule has 1 aromatic carbocycles. The molecule has 4 rings (SSSR count). The Morgan fingerprint density at radius 3 is 2.90 bits per heavy atom. The lowest BCUT2D eigenvalue weighted by Gasteiger charge is -2.27. The van der Waals surface area contributed by atoms with Gasteiger partial charge in [-0.3, -0.25) is 4.79 Å². The maximum atomic E-state index is 12.8. The third-order valence-corrected chi connectivity index (χ3v) is 6.00. The summed E-state index contributed by atoms with van der Waals surface area (Å²) in [5.41, 5.74) is 8.54. The first-order valence-corrected chi connectivity index (χ1v) is 8.65. The van der Waals surface area contributed by atoms with Gasteiger partial charge >= 0.3 is 0 Å². The Morgan fingerprint density at radius 2 is 2.14 bits per heavy atom. The molecule has 2 saturated carbocycles. The zero-order valence-corrected chi connectivity index (χ0v) is 13.6. The fourth-order valence-corrected chi connectivity index (χ4v) is 5.15. The van der Waals surface area contributed by atoms with Crippen LogP contribution in [-0.4, -0.2) is 18.4 Å². The molecule has 1 heterocycles. The number of nitrogens with two attached hydrogens (primary N) is 1. The average molecular weight is 350 g/mol. The van der Waals surface area contributed by atoms with E-state index in [1.54, 1.807) is 0 Å². The van der Waals surface area contributed by atoms with E-state index < -0.39 is 0 Å². The molecular weight excluding hydrogens is 330 g/mol. The maximum absolute atomic E-state index is 12.8. The van der Waals surface area contributed by atoms with Gasteiger partial charge < -0.3 is 10.5 Å². The number of hydrogen-bond donors (Lipinski definition) is 1. The summed E-state index contributed by atoms with van der Waals surface area (Å²) >= 11 is 3.54. The second-order valence-corrected chi connectivity index (χ2v) is 7.65. The molecule has 0 spiro atoms. The highest BCUT2D eigenvalue weighted by molar-refractivity contribution is 9.10. The van der Waals surface area contributed by atoms with Crippen molar-refractivity contribution in [3.8, 4) is 5.75 Å². The lowest BCUT2D eigenvalue weighted by Crippen LogP contribution is -2.40. The van der Waals surface area contributed by atoms with Gasteiger partial charge in [0.1, 0.15) is 11.5 Å². The summed E-state index contributed by atoms with van der Waals surface area (Å²) in [7, 11) is 0. The highest BCUT2D eigenvalue weighted by Gasteiger charge is 2.48. The molecule has 2 fully saturated rings. The highest BCUT2D eigenvalue weighted by Crippen LogP contribution is 2.48. The SMILES string of the molecule is NC1C2CCC(C2)C1C(=O)Cc1cc(Br)cc2c1OCC2. The Hall–Kier alpha value is -0.870. The molecule has 0 radical (unpaired) electrons. The number of fused-ring (bicyclic) bond motifs is 3. The van der Waals surface area contributed by atoms with Crippen molar-refractivity contribution >= 4 is 21.7 Å². The molecule has 3 nitrogen and oxygen atoms in total. The van der Waals surface area contributed by atoms with E-state index in [0.717, 1.165) is 35.2 Å². The number of ketones is 1. The van der Waals surface area contributed by atoms with Crippen LogP contribution in [0.4, 0.5) is 0 Å². The number of carbonyl (C=O) groups is 1. The summed E-state index contributed by atoms with van der Waals surface area (Å²) in [6, 6.07) is 4.21. The van der Waals surface area contributed by atoms with Crippen LogP contribution in [0, 0.1) is 17.8 Å². The molecule has 0 amide bonds. The molecule has 21 heavy (non-hydrogen) atoms. The van der Waals surface area contributed by atoms with Crippen molar-refractivity contribution in [3.05, 3.63) is 27.7 Å². The quantitative estimate of drug-likeness (QED) is 0.912. The minimum Gasteiger partial charge on any atom is -0.493 e. The van der Waals surface area contributed by atoms with E-state index in [4.69, 9.17) is 10.5 Å².